The molecule has 0 aromatic carbocycles. The lowest BCUT2D eigenvalue weighted by Crippen LogP contribution is -2.38. The zero-order valence-electron chi connectivity index (χ0n) is 17.3. The van der Waals surface area contributed by atoms with Gasteiger partial charge in [-0.25, -0.2) is 4.98 Å². The summed E-state index contributed by atoms with van der Waals surface area (Å²) in [5, 5.41) is 4.48. The molecule has 2 aromatic heterocycles. The Labute approximate surface area is 160 Å². The third-order valence-corrected chi connectivity index (χ3v) is 4.85. The Morgan fingerprint density at radius 1 is 1.15 bits per heavy atom. The molecule has 0 unspecified atom stereocenters. The van der Waals surface area contributed by atoms with Gasteiger partial charge in [0, 0.05) is 47.3 Å². The van der Waals surface area contributed by atoms with Crippen LogP contribution in [0.3, 0.4) is 0 Å². The van der Waals surface area contributed by atoms with Gasteiger partial charge in [-0.15, -0.1) is 0 Å². The molecule has 0 spiro atoms. The highest BCUT2D eigenvalue weighted by Gasteiger charge is 2.28. The van der Waals surface area contributed by atoms with Crippen LogP contribution < -0.4 is 9.80 Å². The van der Waals surface area contributed by atoms with Crippen molar-refractivity contribution < 1.29 is 4.79 Å². The number of hydrogen-bond donors (Lipinski definition) is 0. The third kappa shape index (κ3) is 3.61. The summed E-state index contributed by atoms with van der Waals surface area (Å²) in [4.78, 5) is 28.3. The first kappa shape index (κ1) is 19.1. The highest BCUT2D eigenvalue weighted by Crippen LogP contribution is 2.28. The number of amides is 1. The summed E-state index contributed by atoms with van der Waals surface area (Å²) in [6.45, 7) is 5.30. The van der Waals surface area contributed by atoms with E-state index in [0.717, 1.165) is 29.2 Å². The molecule has 27 heavy (non-hydrogen) atoms. The average Bonchev–Trinajstić information content (AvgIpc) is 3.01. The van der Waals surface area contributed by atoms with Gasteiger partial charge in [-0.05, 0) is 18.4 Å². The molecule has 3 heterocycles. The van der Waals surface area contributed by atoms with Gasteiger partial charge in [0.2, 0.25) is 5.95 Å². The Morgan fingerprint density at radius 2 is 1.85 bits per heavy atom. The molecule has 1 amide bonds. The maximum absolute atomic E-state index is 13.1. The molecule has 0 saturated heterocycles. The van der Waals surface area contributed by atoms with Gasteiger partial charge in [-0.1, -0.05) is 13.8 Å². The van der Waals surface area contributed by atoms with Crippen molar-refractivity contribution in [1.29, 1.82) is 0 Å². The first-order chi connectivity index (χ1) is 12.7. The SMILES string of the molecule is CC(C)c1cc(C(=O)N2CCc3c(nc(N(C)C)nc3N(C)C)C2)n(C)n1. The summed E-state index contributed by atoms with van der Waals surface area (Å²) < 4.78 is 1.68. The van der Waals surface area contributed by atoms with E-state index in [9.17, 15) is 4.79 Å². The van der Waals surface area contributed by atoms with E-state index in [2.05, 4.69) is 23.9 Å². The van der Waals surface area contributed by atoms with Crippen LogP contribution >= 0.6 is 0 Å². The van der Waals surface area contributed by atoms with Gasteiger partial charge >= 0.3 is 0 Å². The van der Waals surface area contributed by atoms with Crippen molar-refractivity contribution in [3.63, 3.8) is 0 Å². The smallest absolute Gasteiger partial charge is 0.272 e. The van der Waals surface area contributed by atoms with E-state index >= 15 is 0 Å². The van der Waals surface area contributed by atoms with Gasteiger partial charge < -0.3 is 14.7 Å². The van der Waals surface area contributed by atoms with Crippen molar-refractivity contribution in [2.75, 3.05) is 44.5 Å². The number of anilines is 2. The van der Waals surface area contributed by atoms with Gasteiger partial charge in [-0.2, -0.15) is 10.1 Å². The molecule has 0 radical (unpaired) electrons. The van der Waals surface area contributed by atoms with Crippen LogP contribution in [0.15, 0.2) is 6.07 Å². The molecular weight excluding hydrogens is 342 g/mol. The van der Waals surface area contributed by atoms with Crippen LogP contribution in [0.5, 0.6) is 0 Å². The Balaban J connectivity index is 1.92. The van der Waals surface area contributed by atoms with E-state index in [1.807, 2.05) is 56.0 Å². The number of nitrogens with zero attached hydrogens (tertiary/aromatic N) is 7. The first-order valence-electron chi connectivity index (χ1n) is 9.26. The zero-order valence-corrected chi connectivity index (χ0v) is 17.3. The topological polar surface area (TPSA) is 70.4 Å². The molecule has 8 nitrogen and oxygen atoms in total. The second-order valence-electron chi connectivity index (χ2n) is 7.77. The highest BCUT2D eigenvalue weighted by molar-refractivity contribution is 5.93. The Morgan fingerprint density at radius 3 is 2.41 bits per heavy atom. The number of aryl methyl sites for hydroxylation is 1. The van der Waals surface area contributed by atoms with Crippen LogP contribution in [0.25, 0.3) is 0 Å². The number of carbonyl (C=O) groups excluding carboxylic acids is 1. The zero-order chi connectivity index (χ0) is 19.9. The molecule has 0 N–H and O–H groups in total. The number of rotatable bonds is 4. The predicted molar refractivity (Wildman–Crippen MR) is 106 cm³/mol. The van der Waals surface area contributed by atoms with E-state index in [0.29, 0.717) is 24.7 Å². The van der Waals surface area contributed by atoms with Crippen LogP contribution in [0, 0.1) is 0 Å². The molecule has 0 atom stereocenters. The van der Waals surface area contributed by atoms with Crippen LogP contribution in [-0.2, 0) is 20.0 Å². The van der Waals surface area contributed by atoms with E-state index < -0.39 is 0 Å². The molecule has 3 rings (SSSR count). The second kappa shape index (κ2) is 7.17. The Hall–Kier alpha value is -2.64. The van der Waals surface area contributed by atoms with E-state index in [1.54, 1.807) is 4.68 Å². The Kier molecular flexibility index (Phi) is 5.08. The summed E-state index contributed by atoms with van der Waals surface area (Å²) in [6, 6.07) is 1.90. The van der Waals surface area contributed by atoms with Crippen molar-refractivity contribution in [2.24, 2.45) is 7.05 Å². The Bertz CT molecular complexity index is 854. The van der Waals surface area contributed by atoms with Gasteiger partial charge in [0.1, 0.15) is 11.5 Å². The second-order valence-corrected chi connectivity index (χ2v) is 7.77. The largest absolute Gasteiger partial charge is 0.362 e. The molecule has 1 aliphatic heterocycles. The molecule has 1 aliphatic rings. The number of hydrogen-bond acceptors (Lipinski definition) is 6. The van der Waals surface area contributed by atoms with Gasteiger partial charge in [0.05, 0.1) is 17.9 Å². The van der Waals surface area contributed by atoms with Gasteiger partial charge in [0.25, 0.3) is 5.91 Å². The number of aromatic nitrogens is 4. The van der Waals surface area contributed by atoms with Crippen LogP contribution in [0.4, 0.5) is 11.8 Å². The molecule has 8 heteroatoms. The minimum atomic E-state index is -0.000955. The normalized spacial score (nSPS) is 13.7. The maximum atomic E-state index is 13.1. The van der Waals surface area contributed by atoms with E-state index in [4.69, 9.17) is 4.98 Å². The molecule has 0 fully saturated rings. The fourth-order valence-corrected chi connectivity index (χ4v) is 3.27. The van der Waals surface area contributed by atoms with Crippen LogP contribution in [-0.4, -0.2) is 65.3 Å². The fourth-order valence-electron chi connectivity index (χ4n) is 3.27. The summed E-state index contributed by atoms with van der Waals surface area (Å²) in [5.41, 5.74) is 3.60. The molecule has 2 aromatic rings. The lowest BCUT2D eigenvalue weighted by Gasteiger charge is -2.31. The fraction of sp³-hybridized carbons (Fsp3) is 0.579. The number of carbonyl (C=O) groups is 1. The third-order valence-electron chi connectivity index (χ3n) is 4.85. The monoisotopic (exact) mass is 371 g/mol. The summed E-state index contributed by atoms with van der Waals surface area (Å²) >= 11 is 0. The molecular formula is C19H29N7O. The van der Waals surface area contributed by atoms with E-state index in [1.165, 1.54) is 0 Å². The summed E-state index contributed by atoms with van der Waals surface area (Å²) in [5.74, 6) is 1.88. The van der Waals surface area contributed by atoms with Crippen molar-refractivity contribution in [2.45, 2.75) is 32.7 Å². The minimum absolute atomic E-state index is 0.000955. The first-order valence-corrected chi connectivity index (χ1v) is 9.26. The quantitative estimate of drug-likeness (QED) is 0.814. The molecule has 0 bridgehead atoms. The summed E-state index contributed by atoms with van der Waals surface area (Å²) in [7, 11) is 9.66. The molecule has 0 aliphatic carbocycles. The van der Waals surface area contributed by atoms with Crippen LogP contribution in [0.2, 0.25) is 0 Å². The van der Waals surface area contributed by atoms with Crippen molar-refractivity contribution in [3.8, 4) is 0 Å². The van der Waals surface area contributed by atoms with Crippen molar-refractivity contribution in [1.82, 2.24) is 24.6 Å². The highest BCUT2D eigenvalue weighted by atomic mass is 16.2. The standard InChI is InChI=1S/C19H29N7O/c1-12(2)14-10-16(25(7)22-14)18(27)26-9-8-13-15(11-26)20-19(24(5)6)21-17(13)23(3)4/h10,12H,8-9,11H2,1-7H3. The van der Waals surface area contributed by atoms with Crippen LogP contribution in [0.1, 0.15) is 47.2 Å². The molecule has 146 valence electrons. The predicted octanol–water partition coefficient (Wildman–Crippen LogP) is 1.66. The molecule has 0 saturated carbocycles. The van der Waals surface area contributed by atoms with E-state index in [-0.39, 0.29) is 11.8 Å². The van der Waals surface area contributed by atoms with Crippen molar-refractivity contribution >= 4 is 17.7 Å². The maximum Gasteiger partial charge on any atom is 0.272 e. The van der Waals surface area contributed by atoms with Gasteiger partial charge in [0.15, 0.2) is 0 Å². The lowest BCUT2D eigenvalue weighted by molar-refractivity contribution is 0.0720. The minimum Gasteiger partial charge on any atom is -0.362 e. The summed E-state index contributed by atoms with van der Waals surface area (Å²) in [6.07, 6.45) is 0.747. The number of fused-ring (bicyclic) bond motifs is 1. The average molecular weight is 371 g/mol. The van der Waals surface area contributed by atoms with Gasteiger partial charge in [-0.3, -0.25) is 9.48 Å². The van der Waals surface area contributed by atoms with Crippen molar-refractivity contribution in [3.05, 3.63) is 28.7 Å². The lowest BCUT2D eigenvalue weighted by atomic mass is 10.0.